The van der Waals surface area contributed by atoms with Crippen LogP contribution in [0.25, 0.3) is 0 Å². The van der Waals surface area contributed by atoms with Gasteiger partial charge >= 0.3 is 0 Å². The summed E-state index contributed by atoms with van der Waals surface area (Å²) in [7, 11) is 0. The molecule has 4 atom stereocenters. The van der Waals surface area contributed by atoms with Gasteiger partial charge in [-0.1, -0.05) is 24.6 Å². The highest BCUT2D eigenvalue weighted by atomic mass is 16.1. The quantitative estimate of drug-likeness (QED) is 0.915. The minimum absolute atomic E-state index is 0.0565. The lowest BCUT2D eigenvalue weighted by molar-refractivity contribution is 0.0914. The van der Waals surface area contributed by atoms with Crippen LogP contribution in [-0.4, -0.2) is 21.5 Å². The Kier molecular flexibility index (Phi) is 4.13. The van der Waals surface area contributed by atoms with Gasteiger partial charge in [0.2, 0.25) is 0 Å². The van der Waals surface area contributed by atoms with Gasteiger partial charge in [0.25, 0.3) is 5.91 Å². The standard InChI is InChI=1S/C20H25N3O/c1-14(19-11-15-6-7-16(19)10-15)22-20(24)18-5-3-2-4-17(18)12-23-9-8-21-13-23/h2-5,8-9,13-16,19H,6-7,10-12H2,1H3,(H,22,24)/t14-,15+,16+,19-/m1/s1. The van der Waals surface area contributed by atoms with Gasteiger partial charge in [0.1, 0.15) is 0 Å². The molecule has 2 aromatic rings. The van der Waals surface area contributed by atoms with Crippen LogP contribution in [0.15, 0.2) is 43.0 Å². The van der Waals surface area contributed by atoms with E-state index in [-0.39, 0.29) is 11.9 Å². The maximum atomic E-state index is 12.8. The number of amides is 1. The van der Waals surface area contributed by atoms with Gasteiger partial charge < -0.3 is 9.88 Å². The van der Waals surface area contributed by atoms with Crippen molar-refractivity contribution < 1.29 is 4.79 Å². The van der Waals surface area contributed by atoms with Crippen LogP contribution in [0.2, 0.25) is 0 Å². The first kappa shape index (κ1) is 15.4. The van der Waals surface area contributed by atoms with E-state index in [1.54, 1.807) is 12.5 Å². The van der Waals surface area contributed by atoms with Crippen LogP contribution in [0.3, 0.4) is 0 Å². The minimum atomic E-state index is 0.0565. The van der Waals surface area contributed by atoms with E-state index in [0.29, 0.717) is 12.5 Å². The van der Waals surface area contributed by atoms with Gasteiger partial charge in [0.05, 0.1) is 6.33 Å². The average molecular weight is 323 g/mol. The Balaban J connectivity index is 1.46. The molecule has 1 N–H and O–H groups in total. The Morgan fingerprint density at radius 2 is 2.21 bits per heavy atom. The van der Waals surface area contributed by atoms with Crippen LogP contribution in [0.4, 0.5) is 0 Å². The van der Waals surface area contributed by atoms with Crippen molar-refractivity contribution in [2.24, 2.45) is 17.8 Å². The van der Waals surface area contributed by atoms with Crippen molar-refractivity contribution >= 4 is 5.91 Å². The lowest BCUT2D eigenvalue weighted by Gasteiger charge is -2.28. The van der Waals surface area contributed by atoms with E-state index in [2.05, 4.69) is 17.2 Å². The summed E-state index contributed by atoms with van der Waals surface area (Å²) in [6, 6.07) is 8.14. The fraction of sp³-hybridized carbons (Fsp3) is 0.500. The van der Waals surface area contributed by atoms with Crippen LogP contribution in [0.1, 0.15) is 48.5 Å². The van der Waals surface area contributed by atoms with Gasteiger partial charge in [0.15, 0.2) is 0 Å². The van der Waals surface area contributed by atoms with Crippen molar-refractivity contribution in [2.75, 3.05) is 0 Å². The third-order valence-electron chi connectivity index (χ3n) is 5.97. The van der Waals surface area contributed by atoms with Crippen molar-refractivity contribution in [2.45, 2.75) is 45.2 Å². The molecule has 126 valence electrons. The molecule has 2 aliphatic rings. The number of imidazole rings is 1. The number of rotatable bonds is 5. The predicted octanol–water partition coefficient (Wildman–Crippen LogP) is 3.49. The molecule has 2 saturated carbocycles. The summed E-state index contributed by atoms with van der Waals surface area (Å²) in [4.78, 5) is 16.9. The lowest BCUT2D eigenvalue weighted by Crippen LogP contribution is -2.40. The van der Waals surface area contributed by atoms with Crippen molar-refractivity contribution in [1.82, 2.24) is 14.9 Å². The lowest BCUT2D eigenvalue weighted by atomic mass is 9.84. The largest absolute Gasteiger partial charge is 0.349 e. The third-order valence-corrected chi connectivity index (χ3v) is 5.97. The zero-order chi connectivity index (χ0) is 16.5. The number of nitrogens with one attached hydrogen (secondary N) is 1. The van der Waals surface area contributed by atoms with Gasteiger partial charge in [-0.05, 0) is 55.6 Å². The number of nitrogens with zero attached hydrogens (tertiary/aromatic N) is 2. The predicted molar refractivity (Wildman–Crippen MR) is 93.6 cm³/mol. The Morgan fingerprint density at radius 1 is 1.33 bits per heavy atom. The highest BCUT2D eigenvalue weighted by molar-refractivity contribution is 5.95. The molecule has 1 aromatic heterocycles. The van der Waals surface area contributed by atoms with Gasteiger partial charge in [-0.25, -0.2) is 4.98 Å². The summed E-state index contributed by atoms with van der Waals surface area (Å²) < 4.78 is 1.99. The Labute approximate surface area is 143 Å². The molecule has 2 fully saturated rings. The normalized spacial score (nSPS) is 26.5. The second-order valence-electron chi connectivity index (χ2n) is 7.49. The van der Waals surface area contributed by atoms with E-state index in [1.165, 1.54) is 25.7 Å². The number of aromatic nitrogens is 2. The topological polar surface area (TPSA) is 46.9 Å². The van der Waals surface area contributed by atoms with Crippen LogP contribution in [0.5, 0.6) is 0 Å². The van der Waals surface area contributed by atoms with E-state index in [9.17, 15) is 4.79 Å². The molecule has 0 aliphatic heterocycles. The highest BCUT2D eigenvalue weighted by Gasteiger charge is 2.42. The smallest absolute Gasteiger partial charge is 0.251 e. The number of carbonyl (C=O) groups excluding carboxylic acids is 1. The average Bonchev–Trinajstić information content (AvgIpc) is 3.33. The number of fused-ring (bicyclic) bond motifs is 2. The first-order valence-corrected chi connectivity index (χ1v) is 9.05. The first-order chi connectivity index (χ1) is 11.7. The molecule has 2 aliphatic carbocycles. The molecule has 0 spiro atoms. The van der Waals surface area contributed by atoms with Gasteiger partial charge in [-0.2, -0.15) is 0 Å². The fourth-order valence-corrected chi connectivity index (χ4v) is 4.75. The Hall–Kier alpha value is -2.10. The van der Waals surface area contributed by atoms with Gasteiger partial charge in [0, 0.05) is 30.5 Å². The second kappa shape index (κ2) is 6.42. The van der Waals surface area contributed by atoms with Gasteiger partial charge in [-0.15, -0.1) is 0 Å². The number of hydrogen-bond acceptors (Lipinski definition) is 2. The van der Waals surface area contributed by atoms with Crippen molar-refractivity contribution in [3.63, 3.8) is 0 Å². The SMILES string of the molecule is C[C@@H](NC(=O)c1ccccc1Cn1ccnc1)[C@H]1C[C@H]2CC[C@H]1C2. The molecule has 1 amide bonds. The number of benzene rings is 1. The molecule has 24 heavy (non-hydrogen) atoms. The van der Waals surface area contributed by atoms with E-state index >= 15 is 0 Å². The van der Waals surface area contributed by atoms with E-state index < -0.39 is 0 Å². The van der Waals surface area contributed by atoms with E-state index in [0.717, 1.165) is 23.0 Å². The van der Waals surface area contributed by atoms with Crippen LogP contribution >= 0.6 is 0 Å². The third kappa shape index (κ3) is 2.97. The number of carbonyl (C=O) groups is 1. The summed E-state index contributed by atoms with van der Waals surface area (Å²) in [5.74, 6) is 2.45. The van der Waals surface area contributed by atoms with Crippen molar-refractivity contribution in [3.8, 4) is 0 Å². The Morgan fingerprint density at radius 3 is 2.92 bits per heavy atom. The van der Waals surface area contributed by atoms with Crippen molar-refractivity contribution in [3.05, 3.63) is 54.1 Å². The molecule has 0 saturated heterocycles. The maximum Gasteiger partial charge on any atom is 0.251 e. The maximum absolute atomic E-state index is 12.8. The van der Waals surface area contributed by atoms with Crippen molar-refractivity contribution in [1.29, 1.82) is 0 Å². The highest BCUT2D eigenvalue weighted by Crippen LogP contribution is 2.49. The van der Waals surface area contributed by atoms with Gasteiger partial charge in [-0.3, -0.25) is 4.79 Å². The molecule has 0 radical (unpaired) electrons. The zero-order valence-electron chi connectivity index (χ0n) is 14.2. The fourth-order valence-electron chi connectivity index (χ4n) is 4.75. The van der Waals surface area contributed by atoms with E-state index in [4.69, 9.17) is 0 Å². The molecular weight excluding hydrogens is 298 g/mol. The molecule has 1 aromatic carbocycles. The molecule has 4 heteroatoms. The summed E-state index contributed by atoms with van der Waals surface area (Å²) in [5, 5.41) is 3.28. The van der Waals surface area contributed by atoms with Crippen LogP contribution < -0.4 is 5.32 Å². The monoisotopic (exact) mass is 323 g/mol. The number of hydrogen-bond donors (Lipinski definition) is 1. The molecule has 1 heterocycles. The second-order valence-corrected chi connectivity index (χ2v) is 7.49. The van der Waals surface area contributed by atoms with Crippen LogP contribution in [-0.2, 0) is 6.54 Å². The molecule has 2 bridgehead atoms. The van der Waals surface area contributed by atoms with E-state index in [1.807, 2.05) is 35.0 Å². The molecular formula is C20H25N3O. The summed E-state index contributed by atoms with van der Waals surface area (Å²) >= 11 is 0. The minimum Gasteiger partial charge on any atom is -0.349 e. The van der Waals surface area contributed by atoms with Crippen LogP contribution in [0, 0.1) is 17.8 Å². The first-order valence-electron chi connectivity index (χ1n) is 9.05. The summed E-state index contributed by atoms with van der Waals surface area (Å²) in [6.07, 6.45) is 10.9. The molecule has 4 rings (SSSR count). The molecule has 0 unspecified atom stereocenters. The zero-order valence-corrected chi connectivity index (χ0v) is 14.2. The summed E-state index contributed by atoms with van der Waals surface area (Å²) in [5.41, 5.74) is 1.81. The Bertz CT molecular complexity index is 709. The molecule has 4 nitrogen and oxygen atoms in total. The summed E-state index contributed by atoms with van der Waals surface area (Å²) in [6.45, 7) is 2.86.